The van der Waals surface area contributed by atoms with E-state index in [0.717, 1.165) is 33.7 Å². The van der Waals surface area contributed by atoms with Crippen LogP contribution in [0.25, 0.3) is 22.3 Å². The van der Waals surface area contributed by atoms with Crippen LogP contribution < -0.4 is 0 Å². The van der Waals surface area contributed by atoms with Crippen molar-refractivity contribution in [2.24, 2.45) is 0 Å². The van der Waals surface area contributed by atoms with E-state index in [4.69, 9.17) is 10.2 Å². The highest BCUT2D eigenvalue weighted by Gasteiger charge is 2.00. The molecule has 0 radical (unpaired) electrons. The number of rotatable bonds is 3. The standard InChI is InChI=1S/C7H9N3O.C6H7N3O/c11-2-1-5-3-6-7(10-5)9-4-8-6;10-2-4-1-5-6(9-4)8-3-7-5/h3-4,10-11H,1-2H2,(H,8,9);1,3,9-10H,2H2,(H,7,8). The Balaban J connectivity index is 0.000000126. The van der Waals surface area contributed by atoms with Crippen LogP contribution in [0.3, 0.4) is 0 Å². The van der Waals surface area contributed by atoms with Crippen molar-refractivity contribution >= 4 is 22.3 Å². The fourth-order valence-electron chi connectivity index (χ4n) is 2.09. The summed E-state index contributed by atoms with van der Waals surface area (Å²) in [7, 11) is 0. The Bertz CT molecular complexity index is 767. The Morgan fingerprint density at radius 3 is 1.95 bits per heavy atom. The average Bonchev–Trinajstić information content (AvgIpc) is 3.18. The second-order valence-corrected chi connectivity index (χ2v) is 4.55. The van der Waals surface area contributed by atoms with E-state index in [1.165, 1.54) is 0 Å². The number of aliphatic hydroxyl groups is 2. The maximum atomic E-state index is 8.68. The van der Waals surface area contributed by atoms with Gasteiger partial charge in [-0.15, -0.1) is 0 Å². The molecule has 6 N–H and O–H groups in total. The number of aliphatic hydroxyl groups excluding tert-OH is 2. The first-order valence-electron chi connectivity index (χ1n) is 6.54. The normalized spacial score (nSPS) is 11.0. The van der Waals surface area contributed by atoms with E-state index >= 15 is 0 Å². The van der Waals surface area contributed by atoms with Crippen molar-refractivity contribution in [3.05, 3.63) is 36.2 Å². The number of aromatic amines is 4. The lowest BCUT2D eigenvalue weighted by molar-refractivity contribution is 0.278. The van der Waals surface area contributed by atoms with Gasteiger partial charge in [0, 0.05) is 24.4 Å². The van der Waals surface area contributed by atoms with Crippen molar-refractivity contribution in [2.75, 3.05) is 6.61 Å². The van der Waals surface area contributed by atoms with Gasteiger partial charge in [0.15, 0.2) is 11.3 Å². The molecule has 0 aliphatic rings. The molecule has 0 bridgehead atoms. The Labute approximate surface area is 119 Å². The molecule has 0 aliphatic heterocycles. The summed E-state index contributed by atoms with van der Waals surface area (Å²) in [4.78, 5) is 19.9. The molecular weight excluding hydrogens is 272 g/mol. The third-order valence-electron chi connectivity index (χ3n) is 3.08. The molecule has 8 heteroatoms. The Morgan fingerprint density at radius 2 is 1.43 bits per heavy atom. The Kier molecular flexibility index (Phi) is 3.71. The van der Waals surface area contributed by atoms with E-state index < -0.39 is 0 Å². The van der Waals surface area contributed by atoms with Crippen molar-refractivity contribution in [3.63, 3.8) is 0 Å². The lowest BCUT2D eigenvalue weighted by atomic mass is 10.3. The molecule has 4 rings (SSSR count). The predicted molar refractivity (Wildman–Crippen MR) is 77.6 cm³/mol. The lowest BCUT2D eigenvalue weighted by Gasteiger charge is -1.88. The monoisotopic (exact) mass is 288 g/mol. The van der Waals surface area contributed by atoms with Crippen molar-refractivity contribution in [1.29, 1.82) is 0 Å². The molecule has 0 spiro atoms. The molecule has 0 fully saturated rings. The molecule has 0 aliphatic carbocycles. The van der Waals surface area contributed by atoms with Crippen LogP contribution in [-0.4, -0.2) is 46.7 Å². The Hall–Kier alpha value is -2.58. The van der Waals surface area contributed by atoms with Crippen LogP contribution in [0.5, 0.6) is 0 Å². The minimum absolute atomic E-state index is 0.0319. The van der Waals surface area contributed by atoms with E-state index in [-0.39, 0.29) is 13.2 Å². The van der Waals surface area contributed by atoms with Gasteiger partial charge in [0.25, 0.3) is 0 Å². The molecule has 4 heterocycles. The van der Waals surface area contributed by atoms with Crippen LogP contribution in [0, 0.1) is 0 Å². The van der Waals surface area contributed by atoms with Gasteiger partial charge in [-0.2, -0.15) is 0 Å². The summed E-state index contributed by atoms with van der Waals surface area (Å²) in [6.45, 7) is 0.202. The minimum Gasteiger partial charge on any atom is -0.396 e. The zero-order valence-electron chi connectivity index (χ0n) is 11.2. The number of nitrogens with zero attached hydrogens (tertiary/aromatic N) is 2. The molecule has 0 saturated carbocycles. The third kappa shape index (κ3) is 2.81. The van der Waals surface area contributed by atoms with Crippen LogP contribution in [-0.2, 0) is 13.0 Å². The second-order valence-electron chi connectivity index (χ2n) is 4.55. The third-order valence-corrected chi connectivity index (χ3v) is 3.08. The van der Waals surface area contributed by atoms with Gasteiger partial charge in [-0.3, -0.25) is 0 Å². The minimum atomic E-state index is 0.0319. The summed E-state index contributed by atoms with van der Waals surface area (Å²) in [6.07, 6.45) is 3.91. The smallest absolute Gasteiger partial charge is 0.155 e. The molecule has 4 aromatic rings. The van der Waals surface area contributed by atoms with Crippen molar-refractivity contribution in [2.45, 2.75) is 13.0 Å². The number of nitrogens with one attached hydrogen (secondary N) is 4. The molecule has 0 saturated heterocycles. The quantitative estimate of drug-likeness (QED) is 0.333. The predicted octanol–water partition coefficient (Wildman–Crippen LogP) is 0.809. The van der Waals surface area contributed by atoms with E-state index in [0.29, 0.717) is 6.42 Å². The van der Waals surface area contributed by atoms with Gasteiger partial charge in [-0.1, -0.05) is 0 Å². The zero-order chi connectivity index (χ0) is 14.7. The number of hydrogen-bond donors (Lipinski definition) is 6. The SMILES string of the molecule is OCCc1cc2[nH]cnc2[nH]1.OCc1cc2[nH]cnc2[nH]1. The van der Waals surface area contributed by atoms with Crippen molar-refractivity contribution in [1.82, 2.24) is 29.9 Å². The summed E-state index contributed by atoms with van der Waals surface area (Å²) < 4.78 is 0. The number of fused-ring (bicyclic) bond motifs is 2. The highest BCUT2D eigenvalue weighted by Crippen LogP contribution is 2.10. The van der Waals surface area contributed by atoms with E-state index in [1.54, 1.807) is 12.7 Å². The van der Waals surface area contributed by atoms with E-state index in [1.807, 2.05) is 12.1 Å². The highest BCUT2D eigenvalue weighted by molar-refractivity contribution is 5.72. The van der Waals surface area contributed by atoms with Crippen LogP contribution in [0.2, 0.25) is 0 Å². The fraction of sp³-hybridized carbons (Fsp3) is 0.231. The molecule has 0 atom stereocenters. The van der Waals surface area contributed by atoms with Crippen LogP contribution in [0.1, 0.15) is 11.4 Å². The number of hydrogen-bond acceptors (Lipinski definition) is 4. The van der Waals surface area contributed by atoms with E-state index in [9.17, 15) is 0 Å². The number of imidazole rings is 2. The number of H-pyrrole nitrogens is 4. The van der Waals surface area contributed by atoms with Gasteiger partial charge < -0.3 is 30.1 Å². The topological polar surface area (TPSA) is 129 Å². The van der Waals surface area contributed by atoms with Crippen molar-refractivity contribution in [3.8, 4) is 0 Å². The van der Waals surface area contributed by atoms with Gasteiger partial charge in [0.05, 0.1) is 30.3 Å². The molecular formula is C13H16N6O2. The van der Waals surface area contributed by atoms with Gasteiger partial charge in [-0.25, -0.2) is 9.97 Å². The van der Waals surface area contributed by atoms with E-state index in [2.05, 4.69) is 29.9 Å². The maximum absolute atomic E-state index is 8.68. The zero-order valence-corrected chi connectivity index (χ0v) is 11.2. The second kappa shape index (κ2) is 5.81. The Morgan fingerprint density at radius 1 is 0.857 bits per heavy atom. The first-order valence-corrected chi connectivity index (χ1v) is 6.54. The first kappa shape index (κ1) is 13.4. The highest BCUT2D eigenvalue weighted by atomic mass is 16.3. The molecule has 0 amide bonds. The molecule has 110 valence electrons. The molecule has 4 aromatic heterocycles. The maximum Gasteiger partial charge on any atom is 0.155 e. The van der Waals surface area contributed by atoms with Gasteiger partial charge in [0.2, 0.25) is 0 Å². The van der Waals surface area contributed by atoms with Crippen LogP contribution in [0.15, 0.2) is 24.8 Å². The largest absolute Gasteiger partial charge is 0.396 e. The van der Waals surface area contributed by atoms with Crippen molar-refractivity contribution < 1.29 is 10.2 Å². The molecule has 8 nitrogen and oxygen atoms in total. The average molecular weight is 288 g/mol. The fourth-order valence-corrected chi connectivity index (χ4v) is 2.09. The lowest BCUT2D eigenvalue weighted by Crippen LogP contribution is -1.89. The van der Waals surface area contributed by atoms with Gasteiger partial charge >= 0.3 is 0 Å². The number of aromatic nitrogens is 6. The summed E-state index contributed by atoms with van der Waals surface area (Å²) in [5.41, 5.74) is 5.38. The van der Waals surface area contributed by atoms with Crippen LogP contribution in [0.4, 0.5) is 0 Å². The summed E-state index contributed by atoms with van der Waals surface area (Å²) in [5.74, 6) is 0. The van der Waals surface area contributed by atoms with Gasteiger partial charge in [0.1, 0.15) is 0 Å². The van der Waals surface area contributed by atoms with Crippen LogP contribution >= 0.6 is 0 Å². The molecule has 0 unspecified atom stereocenters. The first-order chi connectivity index (χ1) is 10.3. The van der Waals surface area contributed by atoms with Gasteiger partial charge in [-0.05, 0) is 12.1 Å². The molecule has 21 heavy (non-hydrogen) atoms. The summed E-state index contributed by atoms with van der Waals surface area (Å²) in [5, 5.41) is 17.3. The molecule has 0 aromatic carbocycles. The summed E-state index contributed by atoms with van der Waals surface area (Å²) in [6, 6.07) is 3.79. The summed E-state index contributed by atoms with van der Waals surface area (Å²) >= 11 is 0.